The molecule has 0 aliphatic heterocycles. The molecule has 0 N–H and O–H groups in total. The van der Waals surface area contributed by atoms with Gasteiger partial charge in [-0.3, -0.25) is 9.59 Å². The molecule has 2 aromatic carbocycles. The molecule has 0 radical (unpaired) electrons. The van der Waals surface area contributed by atoms with Crippen molar-refractivity contribution in [3.63, 3.8) is 0 Å². The maximum atomic E-state index is 15.0. The number of thiophene rings is 4. The van der Waals surface area contributed by atoms with Gasteiger partial charge in [0.1, 0.15) is 29.2 Å². The second-order valence-electron chi connectivity index (χ2n) is 24.5. The van der Waals surface area contributed by atoms with E-state index in [9.17, 15) is 42.9 Å². The van der Waals surface area contributed by atoms with Crippen molar-refractivity contribution in [2.24, 2.45) is 23.7 Å². The number of carbonyl (C=O) groups excluding carboxylic acids is 2. The van der Waals surface area contributed by atoms with E-state index in [0.29, 0.717) is 46.3 Å². The SMILES string of the molecule is [C-]#[N+]/C(C#N)=C1/C(=C/c2cc(OCC(CC)CCCC)c(-c3cc4c(s3)-c3sc(-c5sc(/C=C6\C(=O)c7cc(F)c(F)cc7C6=C(C#N)C#N)cc5OCC(CC)CCCC)cc3C4(CC(CC)CCCC)CC(CC)CCCC)s2)C(=O)c2cc(F)c(F)cc21. The number of nitriles is 3. The first-order valence-corrected chi connectivity index (χ1v) is 35.7. The Morgan fingerprint density at radius 2 is 0.890 bits per heavy atom. The molecule has 4 unspecified atom stereocenters. The monoisotopic (exact) mass is 1300 g/mol. The molecule has 9 rings (SSSR count). The van der Waals surface area contributed by atoms with Crippen LogP contribution in [0.25, 0.3) is 57.4 Å². The summed E-state index contributed by atoms with van der Waals surface area (Å²) in [5, 5.41) is 30.6. The lowest BCUT2D eigenvalue weighted by Gasteiger charge is -2.37. The highest BCUT2D eigenvalue weighted by atomic mass is 32.1. The number of rotatable bonds is 30. The molecule has 0 fully saturated rings. The predicted molar refractivity (Wildman–Crippen MR) is 363 cm³/mol. The van der Waals surface area contributed by atoms with Crippen LogP contribution in [0.2, 0.25) is 0 Å². The molecule has 16 heteroatoms. The lowest BCUT2D eigenvalue weighted by Crippen LogP contribution is -2.31. The highest BCUT2D eigenvalue weighted by molar-refractivity contribution is 7.29. The van der Waals surface area contributed by atoms with Crippen LogP contribution in [0.3, 0.4) is 0 Å². The molecule has 474 valence electrons. The normalized spacial score (nSPS) is 17.5. The number of nitrogens with zero attached hydrogens (tertiary/aromatic N) is 4. The molecule has 91 heavy (non-hydrogen) atoms. The molecule has 0 saturated heterocycles. The third-order valence-corrected chi connectivity index (χ3v) is 23.6. The first kappa shape index (κ1) is 68.2. The molecule has 3 aliphatic carbocycles. The largest absolute Gasteiger partial charge is 0.492 e. The number of ether oxygens (including phenoxy) is 2. The molecule has 8 nitrogen and oxygen atoms in total. The van der Waals surface area contributed by atoms with Gasteiger partial charge in [0, 0.05) is 68.1 Å². The zero-order valence-electron chi connectivity index (χ0n) is 53.3. The van der Waals surface area contributed by atoms with Gasteiger partial charge in [-0.2, -0.15) is 10.5 Å². The van der Waals surface area contributed by atoms with Crippen LogP contribution in [0.5, 0.6) is 11.5 Å². The predicted octanol–water partition coefficient (Wildman–Crippen LogP) is 23.0. The van der Waals surface area contributed by atoms with Gasteiger partial charge in [-0.25, -0.2) is 27.7 Å². The quantitative estimate of drug-likeness (QED) is 0.0190. The summed E-state index contributed by atoms with van der Waals surface area (Å²) < 4.78 is 73.5. The Balaban J connectivity index is 1.27. The van der Waals surface area contributed by atoms with E-state index in [1.165, 1.54) is 33.8 Å². The Bertz CT molecular complexity index is 3760. The molecule has 6 aromatic rings. The number of benzene rings is 2. The Morgan fingerprint density at radius 3 is 1.25 bits per heavy atom. The Hall–Kier alpha value is -7.18. The topological polar surface area (TPSA) is 128 Å². The van der Waals surface area contributed by atoms with Gasteiger partial charge in [0.05, 0.1) is 35.6 Å². The van der Waals surface area contributed by atoms with Gasteiger partial charge in [0.25, 0.3) is 5.70 Å². The van der Waals surface area contributed by atoms with Crippen LogP contribution in [0.1, 0.15) is 224 Å². The van der Waals surface area contributed by atoms with Gasteiger partial charge >= 0.3 is 0 Å². The van der Waals surface area contributed by atoms with Crippen LogP contribution in [0.4, 0.5) is 17.6 Å². The Labute approximate surface area is 550 Å². The van der Waals surface area contributed by atoms with Gasteiger partial charge in [-0.15, -0.1) is 45.3 Å². The number of allylic oxidation sites excluding steroid dienone is 6. The number of unbranched alkanes of at least 4 members (excludes halogenated alkanes) is 4. The molecule has 0 spiro atoms. The van der Waals surface area contributed by atoms with Crippen molar-refractivity contribution in [1.29, 1.82) is 15.8 Å². The number of ketones is 2. The van der Waals surface area contributed by atoms with Crippen LogP contribution >= 0.6 is 45.3 Å². The van der Waals surface area contributed by atoms with Crippen molar-refractivity contribution in [2.45, 2.75) is 176 Å². The van der Waals surface area contributed by atoms with E-state index >= 15 is 0 Å². The fraction of sp³-hybridized carbons (Fsp3) is 0.440. The molecule has 4 atom stereocenters. The first-order chi connectivity index (χ1) is 44.0. The van der Waals surface area contributed by atoms with Gasteiger partial charge < -0.3 is 9.47 Å². The van der Waals surface area contributed by atoms with Crippen LogP contribution in [0.15, 0.2) is 70.9 Å². The Kier molecular flexibility index (Phi) is 22.9. The fourth-order valence-electron chi connectivity index (χ4n) is 13.3. The van der Waals surface area contributed by atoms with E-state index in [4.69, 9.17) is 16.0 Å². The van der Waals surface area contributed by atoms with E-state index < -0.39 is 45.9 Å². The summed E-state index contributed by atoms with van der Waals surface area (Å²) in [6.45, 7) is 26.6. The number of fused-ring (bicyclic) bond motifs is 5. The van der Waals surface area contributed by atoms with Gasteiger partial charge in [0.2, 0.25) is 0 Å². The van der Waals surface area contributed by atoms with E-state index in [2.05, 4.69) is 72.4 Å². The van der Waals surface area contributed by atoms with Crippen LogP contribution in [-0.2, 0) is 5.41 Å². The third-order valence-electron chi connectivity index (χ3n) is 18.7. The number of halogens is 4. The summed E-state index contributed by atoms with van der Waals surface area (Å²) in [5.74, 6) is -3.46. The standard InChI is InChI=1S/C75H78F4N4O4S4/c1-10-18-22-43(14-5)36-75(37-44(15-6)23-19-11-2)56-34-65(73-63(86-41-45(16-7)24-20-12-3)28-48(88-73)26-54-67(47(38-80)39-81)50-30-58(76)60(78)32-52(50)69(54)84)90-71(56)72-57(75)35-66(91-72)74-64(87-42-46(17-8)25-21-13-4)29-49(89-74)27-55-68(62(40-82)83-9)51-31-59(77)61(79)33-53(51)70(55)85/h26-35,43-46H,10-25,36-37,41-42H2,1-8H3/b54-26-,55-27-,68-62+. The minimum Gasteiger partial charge on any atom is -0.492 e. The minimum atomic E-state index is -1.21. The minimum absolute atomic E-state index is 0.000685. The number of hydrogen-bond acceptors (Lipinski definition) is 11. The van der Waals surface area contributed by atoms with Gasteiger partial charge in [-0.1, -0.05) is 145 Å². The Morgan fingerprint density at radius 1 is 0.516 bits per heavy atom. The third kappa shape index (κ3) is 14.0. The molecular weight excluding hydrogens is 1230 g/mol. The second-order valence-corrected chi connectivity index (χ2v) is 28.8. The van der Waals surface area contributed by atoms with Crippen LogP contribution in [-0.4, -0.2) is 24.8 Å². The van der Waals surface area contributed by atoms with Crippen molar-refractivity contribution in [2.75, 3.05) is 13.2 Å². The fourth-order valence-corrected chi connectivity index (χ4v) is 18.3. The molecular formula is C75H78F4N4O4S4. The molecule has 4 heterocycles. The average molecular weight is 1300 g/mol. The van der Waals surface area contributed by atoms with Gasteiger partial charge in [0.15, 0.2) is 34.8 Å². The maximum Gasteiger partial charge on any atom is 0.270 e. The highest BCUT2D eigenvalue weighted by Gasteiger charge is 2.49. The zero-order chi connectivity index (χ0) is 65.3. The maximum absolute atomic E-state index is 15.0. The summed E-state index contributed by atoms with van der Waals surface area (Å²) in [6.07, 6.45) is 21.6. The van der Waals surface area contributed by atoms with E-state index in [-0.39, 0.29) is 62.0 Å². The molecule has 0 saturated carbocycles. The summed E-state index contributed by atoms with van der Waals surface area (Å²) in [5.41, 5.74) is 0.980. The van der Waals surface area contributed by atoms with Crippen LogP contribution < -0.4 is 9.47 Å². The smallest absolute Gasteiger partial charge is 0.270 e. The van der Waals surface area contributed by atoms with Crippen molar-refractivity contribution >= 4 is 80.2 Å². The number of carbonyl (C=O) groups is 2. The van der Waals surface area contributed by atoms with Gasteiger partial charge in [-0.05, 0) is 132 Å². The van der Waals surface area contributed by atoms with Crippen LogP contribution in [0, 0.1) is 87.5 Å². The molecule has 4 aromatic heterocycles. The lowest BCUT2D eigenvalue weighted by atomic mass is 9.65. The van der Waals surface area contributed by atoms with Crippen molar-refractivity contribution in [3.8, 4) is 59.0 Å². The molecule has 0 amide bonds. The molecule has 3 aliphatic rings. The molecule has 0 bridgehead atoms. The number of Topliss-reactive ketones (excluding diaryl/α,β-unsaturated/α-hetero) is 2. The van der Waals surface area contributed by atoms with Crippen molar-refractivity contribution in [1.82, 2.24) is 0 Å². The van der Waals surface area contributed by atoms with E-state index in [0.717, 1.165) is 169 Å². The number of hydrogen-bond donors (Lipinski definition) is 0. The summed E-state index contributed by atoms with van der Waals surface area (Å²) in [6, 6.07) is 17.7. The van der Waals surface area contributed by atoms with Crippen molar-refractivity contribution in [3.05, 3.63) is 149 Å². The lowest BCUT2D eigenvalue weighted by molar-refractivity contribution is 0.103. The van der Waals surface area contributed by atoms with E-state index in [1.807, 2.05) is 30.3 Å². The first-order valence-electron chi connectivity index (χ1n) is 32.4. The zero-order valence-corrected chi connectivity index (χ0v) is 56.6. The summed E-state index contributed by atoms with van der Waals surface area (Å²) >= 11 is 6.29. The second kappa shape index (κ2) is 30.5. The van der Waals surface area contributed by atoms with Crippen molar-refractivity contribution < 1.29 is 36.6 Å². The summed E-state index contributed by atoms with van der Waals surface area (Å²) in [7, 11) is 0. The summed E-state index contributed by atoms with van der Waals surface area (Å²) in [4.78, 5) is 39.3. The highest BCUT2D eigenvalue weighted by Crippen LogP contribution is 2.64. The average Bonchev–Trinajstić information content (AvgIpc) is 1.54. The van der Waals surface area contributed by atoms with E-state index in [1.54, 1.807) is 34.8 Å².